The van der Waals surface area contributed by atoms with E-state index in [0.717, 1.165) is 5.39 Å². The minimum absolute atomic E-state index is 0.334. The molecule has 2 aromatic rings. The molecule has 3 nitrogen and oxygen atoms in total. The first kappa shape index (κ1) is 9.36. The Labute approximate surface area is 88.2 Å². The van der Waals surface area contributed by atoms with Gasteiger partial charge in [0.1, 0.15) is 11.6 Å². The Morgan fingerprint density at radius 2 is 2.14 bits per heavy atom. The van der Waals surface area contributed by atoms with Crippen molar-refractivity contribution in [1.29, 1.82) is 0 Å². The molecule has 0 fully saturated rings. The van der Waals surface area contributed by atoms with Gasteiger partial charge in [-0.05, 0) is 34.1 Å². The Bertz CT molecular complexity index is 487. The van der Waals surface area contributed by atoms with E-state index in [1.54, 1.807) is 12.1 Å². The summed E-state index contributed by atoms with van der Waals surface area (Å²) >= 11 is 3.11. The quantitative estimate of drug-likeness (QED) is 0.608. The summed E-state index contributed by atoms with van der Waals surface area (Å²) in [4.78, 5) is 4.10. The Balaban J connectivity index is 2.70. The number of rotatable bonds is 1. The molecule has 0 unspecified atom stereocenters. The molecule has 14 heavy (non-hydrogen) atoms. The highest BCUT2D eigenvalue weighted by molar-refractivity contribution is 9.10. The van der Waals surface area contributed by atoms with Crippen molar-refractivity contribution < 1.29 is 4.39 Å². The van der Waals surface area contributed by atoms with Crippen molar-refractivity contribution in [1.82, 2.24) is 4.98 Å². The lowest BCUT2D eigenvalue weighted by Crippen LogP contribution is -2.08. The average molecular weight is 256 g/mol. The van der Waals surface area contributed by atoms with E-state index in [-0.39, 0.29) is 5.82 Å². The molecule has 0 amide bonds. The summed E-state index contributed by atoms with van der Waals surface area (Å²) in [5.41, 5.74) is 2.98. The second-order valence-corrected chi connectivity index (χ2v) is 3.65. The molecule has 1 aromatic heterocycles. The number of fused-ring (bicyclic) bond motifs is 1. The first-order chi connectivity index (χ1) is 6.70. The molecule has 0 spiro atoms. The Kier molecular flexibility index (Phi) is 2.35. The van der Waals surface area contributed by atoms with Crippen LogP contribution in [0.3, 0.4) is 0 Å². The second-order valence-electron chi connectivity index (χ2n) is 2.80. The molecule has 0 aliphatic heterocycles. The standard InChI is InChI=1S/C9H7BrFN3/c10-6-3-5-1-2-9(14-12)13-8(5)4-7(6)11/h1-4H,12H2,(H,13,14). The van der Waals surface area contributed by atoms with Gasteiger partial charge in [-0.25, -0.2) is 15.2 Å². The van der Waals surface area contributed by atoms with E-state index in [1.807, 2.05) is 6.07 Å². The van der Waals surface area contributed by atoms with Crippen LogP contribution in [0, 0.1) is 5.82 Å². The molecule has 72 valence electrons. The van der Waals surface area contributed by atoms with Crippen molar-refractivity contribution in [2.45, 2.75) is 0 Å². The molecule has 0 atom stereocenters. The van der Waals surface area contributed by atoms with E-state index in [1.165, 1.54) is 6.07 Å². The molecule has 3 N–H and O–H groups in total. The number of nitrogen functional groups attached to an aromatic ring is 1. The fourth-order valence-corrected chi connectivity index (χ4v) is 1.56. The van der Waals surface area contributed by atoms with Crippen LogP contribution in [0.25, 0.3) is 10.9 Å². The number of hydrogen-bond acceptors (Lipinski definition) is 3. The molecule has 0 aliphatic carbocycles. The minimum atomic E-state index is -0.334. The molecule has 2 rings (SSSR count). The van der Waals surface area contributed by atoms with Crippen LogP contribution in [0.4, 0.5) is 10.2 Å². The van der Waals surface area contributed by atoms with Gasteiger partial charge in [0.25, 0.3) is 0 Å². The van der Waals surface area contributed by atoms with Gasteiger partial charge in [0.2, 0.25) is 0 Å². The van der Waals surface area contributed by atoms with Gasteiger partial charge in [-0.1, -0.05) is 0 Å². The number of nitrogens with two attached hydrogens (primary N) is 1. The zero-order chi connectivity index (χ0) is 10.1. The van der Waals surface area contributed by atoms with Crippen LogP contribution in [-0.2, 0) is 0 Å². The van der Waals surface area contributed by atoms with E-state index < -0.39 is 0 Å². The van der Waals surface area contributed by atoms with Gasteiger partial charge in [-0.3, -0.25) is 0 Å². The summed E-state index contributed by atoms with van der Waals surface area (Å²) in [6.07, 6.45) is 0. The number of aromatic nitrogens is 1. The van der Waals surface area contributed by atoms with E-state index in [9.17, 15) is 4.39 Å². The summed E-state index contributed by atoms with van der Waals surface area (Å²) in [7, 11) is 0. The number of benzene rings is 1. The SMILES string of the molecule is NNc1ccc2cc(Br)c(F)cc2n1. The maximum atomic E-state index is 13.1. The van der Waals surface area contributed by atoms with Crippen molar-refractivity contribution in [3.8, 4) is 0 Å². The predicted octanol–water partition coefficient (Wildman–Crippen LogP) is 2.42. The Morgan fingerprint density at radius 1 is 1.36 bits per heavy atom. The van der Waals surface area contributed by atoms with Gasteiger partial charge in [-0.2, -0.15) is 0 Å². The molecule has 5 heteroatoms. The summed E-state index contributed by atoms with van der Waals surface area (Å²) in [6, 6.07) is 6.59. The van der Waals surface area contributed by atoms with Gasteiger partial charge in [0.15, 0.2) is 0 Å². The number of pyridine rings is 1. The summed E-state index contributed by atoms with van der Waals surface area (Å²) in [6.45, 7) is 0. The molecule has 0 bridgehead atoms. The third kappa shape index (κ3) is 1.56. The summed E-state index contributed by atoms with van der Waals surface area (Å²) in [5.74, 6) is 5.37. The maximum Gasteiger partial charge on any atom is 0.140 e. The number of hydrogen-bond donors (Lipinski definition) is 2. The minimum Gasteiger partial charge on any atom is -0.308 e. The largest absolute Gasteiger partial charge is 0.308 e. The van der Waals surface area contributed by atoms with E-state index in [2.05, 4.69) is 26.3 Å². The molecule has 1 aromatic carbocycles. The van der Waals surface area contributed by atoms with Crippen LogP contribution in [0.15, 0.2) is 28.7 Å². The fraction of sp³-hybridized carbons (Fsp3) is 0. The number of halogens is 2. The highest BCUT2D eigenvalue weighted by Gasteiger charge is 2.03. The molecular weight excluding hydrogens is 249 g/mol. The van der Waals surface area contributed by atoms with Crippen molar-refractivity contribution in [2.75, 3.05) is 5.43 Å². The molecule has 0 saturated carbocycles. The lowest BCUT2D eigenvalue weighted by atomic mass is 10.2. The highest BCUT2D eigenvalue weighted by atomic mass is 79.9. The van der Waals surface area contributed by atoms with Crippen LogP contribution in [-0.4, -0.2) is 4.98 Å². The lowest BCUT2D eigenvalue weighted by molar-refractivity contribution is 0.623. The van der Waals surface area contributed by atoms with Crippen molar-refractivity contribution >= 4 is 32.7 Å². The van der Waals surface area contributed by atoms with Crippen LogP contribution < -0.4 is 11.3 Å². The van der Waals surface area contributed by atoms with Crippen LogP contribution in [0.1, 0.15) is 0 Å². The topological polar surface area (TPSA) is 50.9 Å². The number of nitrogens with one attached hydrogen (secondary N) is 1. The number of anilines is 1. The maximum absolute atomic E-state index is 13.1. The normalized spacial score (nSPS) is 10.5. The van der Waals surface area contributed by atoms with Gasteiger partial charge < -0.3 is 5.43 Å². The average Bonchev–Trinajstić information content (AvgIpc) is 2.19. The Morgan fingerprint density at radius 3 is 2.86 bits per heavy atom. The molecule has 0 radical (unpaired) electrons. The molecule has 0 aliphatic rings. The van der Waals surface area contributed by atoms with Gasteiger partial charge >= 0.3 is 0 Å². The first-order valence-corrected chi connectivity index (χ1v) is 4.72. The van der Waals surface area contributed by atoms with Crippen LogP contribution in [0.2, 0.25) is 0 Å². The van der Waals surface area contributed by atoms with Gasteiger partial charge in [-0.15, -0.1) is 0 Å². The van der Waals surface area contributed by atoms with Crippen molar-refractivity contribution in [3.63, 3.8) is 0 Å². The second kappa shape index (κ2) is 3.51. The zero-order valence-electron chi connectivity index (χ0n) is 7.09. The van der Waals surface area contributed by atoms with Gasteiger partial charge in [0, 0.05) is 11.5 Å². The van der Waals surface area contributed by atoms with Crippen LogP contribution >= 0.6 is 15.9 Å². The molecule has 1 heterocycles. The van der Waals surface area contributed by atoms with E-state index in [0.29, 0.717) is 15.8 Å². The van der Waals surface area contributed by atoms with Crippen molar-refractivity contribution in [2.24, 2.45) is 5.84 Å². The number of nitrogens with zero attached hydrogens (tertiary/aromatic N) is 1. The predicted molar refractivity (Wildman–Crippen MR) is 57.2 cm³/mol. The first-order valence-electron chi connectivity index (χ1n) is 3.93. The summed E-state index contributed by atoms with van der Waals surface area (Å²) < 4.78 is 13.6. The summed E-state index contributed by atoms with van der Waals surface area (Å²) in [5, 5.41) is 0.859. The van der Waals surface area contributed by atoms with Crippen LogP contribution in [0.5, 0.6) is 0 Å². The van der Waals surface area contributed by atoms with Crippen molar-refractivity contribution in [3.05, 3.63) is 34.6 Å². The Hall–Kier alpha value is -1.20. The van der Waals surface area contributed by atoms with E-state index >= 15 is 0 Å². The number of hydrazine groups is 1. The van der Waals surface area contributed by atoms with Gasteiger partial charge in [0.05, 0.1) is 9.99 Å². The highest BCUT2D eigenvalue weighted by Crippen LogP contribution is 2.22. The third-order valence-electron chi connectivity index (χ3n) is 1.88. The monoisotopic (exact) mass is 255 g/mol. The zero-order valence-corrected chi connectivity index (χ0v) is 8.68. The molecular formula is C9H7BrFN3. The smallest absolute Gasteiger partial charge is 0.140 e. The molecule has 0 saturated heterocycles. The fourth-order valence-electron chi connectivity index (χ4n) is 1.20. The van der Waals surface area contributed by atoms with E-state index in [4.69, 9.17) is 5.84 Å². The third-order valence-corrected chi connectivity index (χ3v) is 2.49. The lowest BCUT2D eigenvalue weighted by Gasteiger charge is -2.02.